The summed E-state index contributed by atoms with van der Waals surface area (Å²) in [6.07, 6.45) is 0.664. The van der Waals surface area contributed by atoms with Gasteiger partial charge in [-0.15, -0.1) is 11.3 Å². The number of amides is 1. The fourth-order valence-corrected chi connectivity index (χ4v) is 4.57. The lowest BCUT2D eigenvalue weighted by Gasteiger charge is -2.25. The molecule has 1 aromatic carbocycles. The second kappa shape index (κ2) is 8.76. The van der Waals surface area contributed by atoms with Crippen molar-refractivity contribution in [3.05, 3.63) is 67.4 Å². The van der Waals surface area contributed by atoms with E-state index >= 15 is 0 Å². The van der Waals surface area contributed by atoms with Crippen LogP contribution in [0.2, 0.25) is 0 Å². The molecule has 8 nitrogen and oxygen atoms in total. The topological polar surface area (TPSA) is 104 Å². The van der Waals surface area contributed by atoms with Crippen molar-refractivity contribution in [1.82, 2.24) is 9.80 Å². The number of nitrogens with zero attached hydrogens (tertiary/aromatic N) is 3. The van der Waals surface area contributed by atoms with E-state index in [2.05, 4.69) is 0 Å². The summed E-state index contributed by atoms with van der Waals surface area (Å²) in [7, 11) is 3.86. The predicted octanol–water partition coefficient (Wildman–Crippen LogP) is 3.34. The van der Waals surface area contributed by atoms with Crippen LogP contribution in [0, 0.1) is 17.0 Å². The number of aliphatic hydroxyl groups is 1. The van der Waals surface area contributed by atoms with Crippen LogP contribution in [0.3, 0.4) is 0 Å². The Labute approximate surface area is 178 Å². The Hall–Kier alpha value is -3.04. The molecule has 9 heteroatoms. The zero-order chi connectivity index (χ0) is 22.0. The molecule has 0 saturated carbocycles. The number of aryl methyl sites for hydroxylation is 1. The maximum Gasteiger partial charge on any atom is 0.295 e. The minimum atomic E-state index is -0.776. The van der Waals surface area contributed by atoms with Crippen LogP contribution in [0.25, 0.3) is 5.76 Å². The highest BCUT2D eigenvalue weighted by atomic mass is 32.1. The first-order valence-corrected chi connectivity index (χ1v) is 10.3. The van der Waals surface area contributed by atoms with Crippen molar-refractivity contribution >= 4 is 34.5 Å². The SMILES string of the molecule is Cc1ccsc1C1/C(=C(/O)c2cccc([N+](=O)[O-])c2)C(=O)C(=O)N1CCCN(C)C. The molecule has 30 heavy (non-hydrogen) atoms. The number of benzene rings is 1. The fraction of sp³-hybridized carbons (Fsp3) is 0.333. The molecule has 0 spiro atoms. The van der Waals surface area contributed by atoms with Crippen LogP contribution in [0.15, 0.2) is 41.3 Å². The van der Waals surface area contributed by atoms with E-state index in [0.29, 0.717) is 13.0 Å². The summed E-state index contributed by atoms with van der Waals surface area (Å²) in [4.78, 5) is 40.6. The summed E-state index contributed by atoms with van der Waals surface area (Å²) in [5.74, 6) is -1.84. The number of carbonyl (C=O) groups is 2. The number of likely N-dealkylation sites (tertiary alicyclic amines) is 1. The average Bonchev–Trinajstić information content (AvgIpc) is 3.23. The highest BCUT2D eigenvalue weighted by molar-refractivity contribution is 7.10. The molecule has 1 aliphatic rings. The molecule has 1 saturated heterocycles. The summed E-state index contributed by atoms with van der Waals surface area (Å²) in [6.45, 7) is 2.99. The second-order valence-corrected chi connectivity index (χ2v) is 8.37. The van der Waals surface area contributed by atoms with Crippen molar-refractivity contribution in [1.29, 1.82) is 0 Å². The molecule has 2 aromatic rings. The quantitative estimate of drug-likeness (QED) is 0.238. The summed E-state index contributed by atoms with van der Waals surface area (Å²) in [5, 5.41) is 23.9. The van der Waals surface area contributed by atoms with Gasteiger partial charge in [0.25, 0.3) is 17.4 Å². The van der Waals surface area contributed by atoms with Crippen molar-refractivity contribution in [3.63, 3.8) is 0 Å². The Kier molecular flexibility index (Phi) is 6.33. The van der Waals surface area contributed by atoms with E-state index in [1.165, 1.54) is 40.5 Å². The molecule has 0 aliphatic carbocycles. The van der Waals surface area contributed by atoms with Crippen LogP contribution in [0.1, 0.15) is 28.5 Å². The van der Waals surface area contributed by atoms with Crippen LogP contribution in [-0.4, -0.2) is 58.7 Å². The van der Waals surface area contributed by atoms with Gasteiger partial charge in [0.2, 0.25) is 0 Å². The Balaban J connectivity index is 2.11. The van der Waals surface area contributed by atoms with E-state index in [-0.39, 0.29) is 16.8 Å². The van der Waals surface area contributed by atoms with Gasteiger partial charge in [-0.3, -0.25) is 19.7 Å². The molecule has 1 aromatic heterocycles. The molecule has 1 fully saturated rings. The molecular formula is C21H23N3O5S. The first-order valence-electron chi connectivity index (χ1n) is 9.44. The van der Waals surface area contributed by atoms with Gasteiger partial charge in [-0.1, -0.05) is 12.1 Å². The van der Waals surface area contributed by atoms with Gasteiger partial charge in [-0.05, 0) is 51.0 Å². The number of Topliss-reactive ketones (excluding diaryl/α,β-unsaturated/α-hetero) is 1. The van der Waals surface area contributed by atoms with Crippen LogP contribution in [0.4, 0.5) is 5.69 Å². The van der Waals surface area contributed by atoms with Gasteiger partial charge in [0.15, 0.2) is 0 Å². The first-order chi connectivity index (χ1) is 14.2. The monoisotopic (exact) mass is 429 g/mol. The van der Waals surface area contributed by atoms with Gasteiger partial charge in [0.1, 0.15) is 5.76 Å². The largest absolute Gasteiger partial charge is 0.507 e. The zero-order valence-corrected chi connectivity index (χ0v) is 17.8. The van der Waals surface area contributed by atoms with Crippen molar-refractivity contribution in [2.45, 2.75) is 19.4 Å². The Morgan fingerprint density at radius 3 is 2.63 bits per heavy atom. The smallest absolute Gasteiger partial charge is 0.295 e. The molecule has 2 heterocycles. The molecule has 1 amide bonds. The van der Waals surface area contributed by atoms with Gasteiger partial charge in [0, 0.05) is 29.1 Å². The number of non-ortho nitro benzene ring substituents is 1. The van der Waals surface area contributed by atoms with Crippen LogP contribution >= 0.6 is 11.3 Å². The van der Waals surface area contributed by atoms with Crippen molar-refractivity contribution in [2.24, 2.45) is 0 Å². The Bertz CT molecular complexity index is 1030. The minimum absolute atomic E-state index is 0.0316. The van der Waals surface area contributed by atoms with E-state index in [9.17, 15) is 24.8 Å². The first kappa shape index (κ1) is 21.7. The number of aliphatic hydroxyl groups excluding tert-OH is 1. The maximum absolute atomic E-state index is 12.9. The number of thiophene rings is 1. The molecule has 1 aliphatic heterocycles. The fourth-order valence-electron chi connectivity index (χ4n) is 3.53. The summed E-state index contributed by atoms with van der Waals surface area (Å²) < 4.78 is 0. The molecule has 0 radical (unpaired) electrons. The maximum atomic E-state index is 12.9. The van der Waals surface area contributed by atoms with Gasteiger partial charge < -0.3 is 14.9 Å². The van der Waals surface area contributed by atoms with E-state index in [4.69, 9.17) is 0 Å². The molecule has 3 rings (SSSR count). The molecule has 1 atom stereocenters. The number of nitro groups is 1. The lowest BCUT2D eigenvalue weighted by atomic mass is 9.98. The molecular weight excluding hydrogens is 406 g/mol. The van der Waals surface area contributed by atoms with E-state index in [1.807, 2.05) is 37.4 Å². The minimum Gasteiger partial charge on any atom is -0.507 e. The van der Waals surface area contributed by atoms with Crippen molar-refractivity contribution in [3.8, 4) is 0 Å². The Morgan fingerprint density at radius 1 is 1.30 bits per heavy atom. The Morgan fingerprint density at radius 2 is 2.03 bits per heavy atom. The summed E-state index contributed by atoms with van der Waals surface area (Å²) in [6, 6.07) is 6.61. The number of ketones is 1. The van der Waals surface area contributed by atoms with Gasteiger partial charge in [0.05, 0.1) is 16.5 Å². The third-order valence-electron chi connectivity index (χ3n) is 5.02. The highest BCUT2D eigenvalue weighted by Gasteiger charge is 2.46. The van der Waals surface area contributed by atoms with Gasteiger partial charge in [-0.2, -0.15) is 0 Å². The van der Waals surface area contributed by atoms with Crippen LogP contribution in [-0.2, 0) is 9.59 Å². The van der Waals surface area contributed by atoms with E-state index < -0.39 is 28.4 Å². The number of hydrogen-bond donors (Lipinski definition) is 1. The van der Waals surface area contributed by atoms with Crippen molar-refractivity contribution < 1.29 is 19.6 Å². The predicted molar refractivity (Wildman–Crippen MR) is 114 cm³/mol. The van der Waals surface area contributed by atoms with Gasteiger partial charge in [-0.25, -0.2) is 0 Å². The third kappa shape index (κ3) is 4.12. The number of rotatable bonds is 7. The number of carbonyl (C=O) groups excluding carboxylic acids is 2. The average molecular weight is 429 g/mol. The summed E-state index contributed by atoms with van der Waals surface area (Å²) in [5.41, 5.74) is 0.808. The van der Waals surface area contributed by atoms with Gasteiger partial charge >= 0.3 is 0 Å². The molecule has 158 valence electrons. The highest BCUT2D eigenvalue weighted by Crippen LogP contribution is 2.42. The standard InChI is InChI=1S/C21H23N3O5S/c1-13-8-11-30-20(13)17-16(18(25)14-6-4-7-15(12-14)24(28)29)19(26)21(27)23(17)10-5-9-22(2)3/h4,6-8,11-12,17,25H,5,9-10H2,1-3H3/b18-16-. The number of hydrogen-bond acceptors (Lipinski definition) is 7. The lowest BCUT2D eigenvalue weighted by Crippen LogP contribution is -2.32. The molecule has 1 N–H and O–H groups in total. The number of nitro benzene ring substituents is 1. The zero-order valence-electron chi connectivity index (χ0n) is 17.0. The van der Waals surface area contributed by atoms with Crippen molar-refractivity contribution in [2.75, 3.05) is 27.2 Å². The summed E-state index contributed by atoms with van der Waals surface area (Å²) >= 11 is 1.41. The molecule has 0 bridgehead atoms. The van der Waals surface area contributed by atoms with E-state index in [1.54, 1.807) is 0 Å². The second-order valence-electron chi connectivity index (χ2n) is 7.42. The third-order valence-corrected chi connectivity index (χ3v) is 6.10. The van der Waals surface area contributed by atoms with E-state index in [0.717, 1.165) is 17.0 Å². The van der Waals surface area contributed by atoms with Crippen LogP contribution in [0.5, 0.6) is 0 Å². The van der Waals surface area contributed by atoms with Crippen LogP contribution < -0.4 is 0 Å². The molecule has 1 unspecified atom stereocenters. The lowest BCUT2D eigenvalue weighted by molar-refractivity contribution is -0.384. The normalized spacial score (nSPS) is 18.4.